The first-order valence-corrected chi connectivity index (χ1v) is 7.25. The van der Waals surface area contributed by atoms with Crippen LogP contribution in [-0.2, 0) is 19.1 Å². The number of ether oxygens (including phenoxy) is 2. The maximum atomic E-state index is 11.9. The topological polar surface area (TPSA) is 64.6 Å². The Balaban J connectivity index is 2.64. The number of esters is 1. The average molecular weight is 293 g/mol. The zero-order valence-electron chi connectivity index (χ0n) is 12.6. The van der Waals surface area contributed by atoms with Crippen molar-refractivity contribution < 1.29 is 19.1 Å². The maximum absolute atomic E-state index is 11.9. The van der Waals surface area contributed by atoms with E-state index in [0.29, 0.717) is 19.8 Å². The van der Waals surface area contributed by atoms with Crippen molar-refractivity contribution in [3.63, 3.8) is 0 Å². The summed E-state index contributed by atoms with van der Waals surface area (Å²) in [6.45, 7) is 4.93. The largest absolute Gasteiger partial charge is 0.466 e. The smallest absolute Gasteiger partial charge is 0.308 e. The highest BCUT2D eigenvalue weighted by Crippen LogP contribution is 2.17. The van der Waals surface area contributed by atoms with Crippen LogP contribution in [0.15, 0.2) is 30.3 Å². The molecule has 0 heterocycles. The summed E-state index contributed by atoms with van der Waals surface area (Å²) in [6.07, 6.45) is 0.401. The molecule has 0 bridgehead atoms. The van der Waals surface area contributed by atoms with Crippen molar-refractivity contribution in [3.8, 4) is 0 Å². The third-order valence-corrected chi connectivity index (χ3v) is 2.89. The molecule has 0 spiro atoms. The third-order valence-electron chi connectivity index (χ3n) is 2.89. The molecule has 0 fully saturated rings. The van der Waals surface area contributed by atoms with Crippen LogP contribution in [0.5, 0.6) is 0 Å². The van der Waals surface area contributed by atoms with Gasteiger partial charge in [-0.25, -0.2) is 0 Å². The van der Waals surface area contributed by atoms with E-state index in [2.05, 4.69) is 5.32 Å². The first kappa shape index (κ1) is 17.2. The van der Waals surface area contributed by atoms with Crippen LogP contribution in [0.3, 0.4) is 0 Å². The lowest BCUT2D eigenvalue weighted by Gasteiger charge is -2.18. The van der Waals surface area contributed by atoms with E-state index in [-0.39, 0.29) is 30.8 Å². The van der Waals surface area contributed by atoms with Gasteiger partial charge >= 0.3 is 5.97 Å². The van der Waals surface area contributed by atoms with Crippen molar-refractivity contribution in [1.29, 1.82) is 0 Å². The first-order valence-electron chi connectivity index (χ1n) is 7.25. The van der Waals surface area contributed by atoms with Gasteiger partial charge in [-0.3, -0.25) is 9.59 Å². The van der Waals surface area contributed by atoms with Gasteiger partial charge in [-0.1, -0.05) is 30.3 Å². The number of nitrogens with one attached hydrogen (secondary N) is 1. The maximum Gasteiger partial charge on any atom is 0.308 e. The van der Waals surface area contributed by atoms with Crippen LogP contribution in [0, 0.1) is 0 Å². The Labute approximate surface area is 125 Å². The number of amides is 1. The fraction of sp³-hybridized carbons (Fsp3) is 0.500. The molecule has 1 aromatic rings. The van der Waals surface area contributed by atoms with Gasteiger partial charge in [0.15, 0.2) is 0 Å². The molecule has 1 rings (SSSR count). The van der Waals surface area contributed by atoms with Crippen molar-refractivity contribution >= 4 is 11.9 Å². The second kappa shape index (κ2) is 9.94. The molecule has 1 aromatic carbocycles. The molecule has 0 aromatic heterocycles. The quantitative estimate of drug-likeness (QED) is 0.560. The Hall–Kier alpha value is -1.88. The van der Waals surface area contributed by atoms with Gasteiger partial charge in [0.05, 0.1) is 25.7 Å². The molecule has 0 aliphatic rings. The van der Waals surface area contributed by atoms with Gasteiger partial charge in [0, 0.05) is 13.0 Å². The average Bonchev–Trinajstić information content (AvgIpc) is 2.48. The molecule has 116 valence electrons. The van der Waals surface area contributed by atoms with Gasteiger partial charge in [0.2, 0.25) is 5.91 Å². The van der Waals surface area contributed by atoms with Crippen molar-refractivity contribution in [2.75, 3.05) is 19.8 Å². The Bertz CT molecular complexity index is 433. The molecule has 0 aliphatic heterocycles. The number of benzene rings is 1. The summed E-state index contributed by atoms with van der Waals surface area (Å²) in [6, 6.07) is 9.03. The Morgan fingerprint density at radius 3 is 2.48 bits per heavy atom. The molecule has 21 heavy (non-hydrogen) atoms. The van der Waals surface area contributed by atoms with Crippen LogP contribution >= 0.6 is 0 Å². The zero-order chi connectivity index (χ0) is 15.5. The van der Waals surface area contributed by atoms with Crippen molar-refractivity contribution in [2.24, 2.45) is 0 Å². The summed E-state index contributed by atoms with van der Waals surface area (Å²) >= 11 is 0. The highest BCUT2D eigenvalue weighted by molar-refractivity contribution is 5.78. The molecule has 5 heteroatoms. The summed E-state index contributed by atoms with van der Waals surface area (Å²) in [4.78, 5) is 23.6. The van der Waals surface area contributed by atoms with Crippen LogP contribution in [-0.4, -0.2) is 31.7 Å². The lowest BCUT2D eigenvalue weighted by Crippen LogP contribution is -2.31. The van der Waals surface area contributed by atoms with Crippen LogP contribution in [0.25, 0.3) is 0 Å². The number of carbonyl (C=O) groups excluding carboxylic acids is 2. The highest BCUT2D eigenvalue weighted by atomic mass is 16.5. The van der Waals surface area contributed by atoms with E-state index in [1.165, 1.54) is 0 Å². The molecule has 0 radical (unpaired) electrons. The molecule has 0 saturated carbocycles. The molecule has 0 saturated heterocycles. The minimum Gasteiger partial charge on any atom is -0.466 e. The van der Waals surface area contributed by atoms with Gasteiger partial charge < -0.3 is 14.8 Å². The Morgan fingerprint density at radius 2 is 1.86 bits per heavy atom. The summed E-state index contributed by atoms with van der Waals surface area (Å²) in [5, 5.41) is 2.86. The number of carbonyl (C=O) groups is 2. The number of rotatable bonds is 9. The van der Waals surface area contributed by atoms with E-state index < -0.39 is 0 Å². The summed E-state index contributed by atoms with van der Waals surface area (Å²) < 4.78 is 10.1. The molecular formula is C16H23NO4. The van der Waals surface area contributed by atoms with E-state index in [1.807, 2.05) is 37.3 Å². The van der Waals surface area contributed by atoms with Gasteiger partial charge in [-0.15, -0.1) is 0 Å². The van der Waals surface area contributed by atoms with Gasteiger partial charge in [-0.05, 0) is 19.4 Å². The highest BCUT2D eigenvalue weighted by Gasteiger charge is 2.18. The summed E-state index contributed by atoms with van der Waals surface area (Å²) in [7, 11) is 0. The monoisotopic (exact) mass is 293 g/mol. The van der Waals surface area contributed by atoms with Crippen molar-refractivity contribution in [3.05, 3.63) is 35.9 Å². The van der Waals surface area contributed by atoms with Crippen LogP contribution in [0.4, 0.5) is 0 Å². The standard InChI is InChI=1S/C16H23NO4/c1-3-20-11-10-15(18)17-14(12-16(19)21-4-2)13-8-6-5-7-9-13/h5-9,14H,3-4,10-12H2,1-2H3,(H,17,18). The Morgan fingerprint density at radius 1 is 1.14 bits per heavy atom. The predicted molar refractivity (Wildman–Crippen MR) is 79.7 cm³/mol. The summed E-state index contributed by atoms with van der Waals surface area (Å²) in [5.41, 5.74) is 0.885. The van der Waals surface area contributed by atoms with Crippen LogP contribution in [0.1, 0.15) is 38.3 Å². The minimum atomic E-state index is -0.376. The van der Waals surface area contributed by atoms with E-state index in [1.54, 1.807) is 6.92 Å². The Kier molecular flexibility index (Phi) is 8.12. The van der Waals surface area contributed by atoms with E-state index in [4.69, 9.17) is 9.47 Å². The molecule has 1 amide bonds. The molecule has 1 atom stereocenters. The molecular weight excluding hydrogens is 270 g/mol. The van der Waals surface area contributed by atoms with E-state index in [0.717, 1.165) is 5.56 Å². The van der Waals surface area contributed by atoms with Gasteiger partial charge in [-0.2, -0.15) is 0 Å². The lowest BCUT2D eigenvalue weighted by molar-refractivity contribution is -0.143. The van der Waals surface area contributed by atoms with Crippen LogP contribution < -0.4 is 5.32 Å². The van der Waals surface area contributed by atoms with Gasteiger partial charge in [0.25, 0.3) is 0 Å². The molecule has 5 nitrogen and oxygen atoms in total. The second-order valence-electron chi connectivity index (χ2n) is 4.49. The van der Waals surface area contributed by atoms with Crippen LogP contribution in [0.2, 0.25) is 0 Å². The first-order chi connectivity index (χ1) is 10.2. The van der Waals surface area contributed by atoms with E-state index >= 15 is 0 Å². The SMILES string of the molecule is CCOCCC(=O)NC(CC(=O)OCC)c1ccccc1. The summed E-state index contributed by atoms with van der Waals surface area (Å²) in [5.74, 6) is -0.460. The molecule has 1 unspecified atom stereocenters. The number of hydrogen-bond acceptors (Lipinski definition) is 4. The lowest BCUT2D eigenvalue weighted by atomic mass is 10.0. The fourth-order valence-corrected chi connectivity index (χ4v) is 1.90. The second-order valence-corrected chi connectivity index (χ2v) is 4.49. The molecule has 1 N–H and O–H groups in total. The predicted octanol–water partition coefficient (Wildman–Crippen LogP) is 2.22. The zero-order valence-corrected chi connectivity index (χ0v) is 12.6. The fourth-order valence-electron chi connectivity index (χ4n) is 1.90. The minimum absolute atomic E-state index is 0.123. The van der Waals surface area contributed by atoms with Crippen molar-refractivity contribution in [2.45, 2.75) is 32.7 Å². The van der Waals surface area contributed by atoms with Crippen molar-refractivity contribution in [1.82, 2.24) is 5.32 Å². The van der Waals surface area contributed by atoms with Gasteiger partial charge in [0.1, 0.15) is 0 Å². The van der Waals surface area contributed by atoms with E-state index in [9.17, 15) is 9.59 Å². The molecule has 0 aliphatic carbocycles. The third kappa shape index (κ3) is 6.90. The normalized spacial score (nSPS) is 11.7. The number of hydrogen-bond donors (Lipinski definition) is 1.